The Labute approximate surface area is 105 Å². The molecule has 1 saturated heterocycles. The van der Waals surface area contributed by atoms with Crippen molar-refractivity contribution in [3.05, 3.63) is 0 Å². The van der Waals surface area contributed by atoms with Crippen LogP contribution in [-0.4, -0.2) is 42.8 Å². The molecule has 100 valence electrons. The summed E-state index contributed by atoms with van der Waals surface area (Å²) in [5.41, 5.74) is 6.45. The third kappa shape index (κ3) is 3.43. The van der Waals surface area contributed by atoms with Crippen molar-refractivity contribution < 1.29 is 5.11 Å². The van der Waals surface area contributed by atoms with Crippen LogP contribution in [0.4, 0.5) is 0 Å². The molecule has 3 N–H and O–H groups in total. The quantitative estimate of drug-likeness (QED) is 0.785. The van der Waals surface area contributed by atoms with Gasteiger partial charge in [0.1, 0.15) is 0 Å². The van der Waals surface area contributed by atoms with Crippen molar-refractivity contribution in [3.63, 3.8) is 0 Å². The summed E-state index contributed by atoms with van der Waals surface area (Å²) in [5.74, 6) is 0.548. The van der Waals surface area contributed by atoms with Crippen LogP contribution >= 0.6 is 0 Å². The molecule has 0 amide bonds. The summed E-state index contributed by atoms with van der Waals surface area (Å²) >= 11 is 0. The van der Waals surface area contributed by atoms with Gasteiger partial charge in [-0.1, -0.05) is 19.3 Å². The molecular weight excluding hydrogens is 212 g/mol. The lowest BCUT2D eigenvalue weighted by Gasteiger charge is -2.42. The Kier molecular flexibility index (Phi) is 4.83. The van der Waals surface area contributed by atoms with Gasteiger partial charge in [-0.25, -0.2) is 0 Å². The molecule has 3 nitrogen and oxygen atoms in total. The van der Waals surface area contributed by atoms with Gasteiger partial charge in [0.05, 0.1) is 0 Å². The number of piperidine rings is 1. The largest absolute Gasteiger partial charge is 0.396 e. The monoisotopic (exact) mass is 240 g/mol. The standard InChI is InChI=1S/C14H28N2O/c15-11-14(6-2-1-3-7-14)12-16-8-4-13(10-17)5-9-16/h13,17H,1-12,15H2. The molecule has 0 unspecified atom stereocenters. The van der Waals surface area contributed by atoms with Crippen LogP contribution in [0.25, 0.3) is 0 Å². The van der Waals surface area contributed by atoms with E-state index in [-0.39, 0.29) is 0 Å². The molecule has 1 heterocycles. The van der Waals surface area contributed by atoms with E-state index < -0.39 is 0 Å². The van der Waals surface area contributed by atoms with E-state index in [1.165, 1.54) is 38.6 Å². The minimum Gasteiger partial charge on any atom is -0.396 e. The van der Waals surface area contributed by atoms with Gasteiger partial charge in [0.15, 0.2) is 0 Å². The van der Waals surface area contributed by atoms with E-state index in [0.29, 0.717) is 17.9 Å². The number of aliphatic hydroxyl groups is 1. The summed E-state index contributed by atoms with van der Waals surface area (Å²) in [4.78, 5) is 2.59. The molecule has 0 aromatic heterocycles. The number of hydrogen-bond acceptors (Lipinski definition) is 3. The first-order chi connectivity index (χ1) is 8.28. The van der Waals surface area contributed by atoms with Gasteiger partial charge in [0.2, 0.25) is 0 Å². The molecule has 17 heavy (non-hydrogen) atoms. The first-order valence-corrected chi connectivity index (χ1v) is 7.31. The van der Waals surface area contributed by atoms with Crippen molar-refractivity contribution in [1.82, 2.24) is 4.90 Å². The van der Waals surface area contributed by atoms with Crippen LogP contribution in [0.1, 0.15) is 44.9 Å². The molecule has 0 aromatic rings. The highest BCUT2D eigenvalue weighted by molar-refractivity contribution is 4.88. The van der Waals surface area contributed by atoms with Crippen LogP contribution < -0.4 is 5.73 Å². The second-order valence-electron chi connectivity index (χ2n) is 6.17. The lowest BCUT2D eigenvalue weighted by atomic mass is 9.73. The average Bonchev–Trinajstić information content (AvgIpc) is 2.41. The van der Waals surface area contributed by atoms with Crippen LogP contribution in [0.5, 0.6) is 0 Å². The highest BCUT2D eigenvalue weighted by Crippen LogP contribution is 2.36. The first-order valence-electron chi connectivity index (χ1n) is 7.31. The van der Waals surface area contributed by atoms with Gasteiger partial charge in [-0.2, -0.15) is 0 Å². The lowest BCUT2D eigenvalue weighted by Crippen LogP contribution is -2.46. The van der Waals surface area contributed by atoms with Crippen molar-refractivity contribution in [3.8, 4) is 0 Å². The molecule has 2 rings (SSSR count). The third-order valence-electron chi connectivity index (χ3n) is 4.87. The second-order valence-corrected chi connectivity index (χ2v) is 6.17. The highest BCUT2D eigenvalue weighted by Gasteiger charge is 2.33. The minimum atomic E-state index is 0.371. The van der Waals surface area contributed by atoms with E-state index in [1.54, 1.807) is 0 Å². The van der Waals surface area contributed by atoms with E-state index in [1.807, 2.05) is 0 Å². The zero-order valence-corrected chi connectivity index (χ0v) is 11.0. The van der Waals surface area contributed by atoms with Gasteiger partial charge in [0, 0.05) is 13.2 Å². The molecule has 1 aliphatic carbocycles. The predicted molar refractivity (Wildman–Crippen MR) is 70.8 cm³/mol. The summed E-state index contributed by atoms with van der Waals surface area (Å²) in [7, 11) is 0. The van der Waals surface area contributed by atoms with Crippen molar-refractivity contribution in [2.45, 2.75) is 44.9 Å². The Morgan fingerprint density at radius 3 is 2.29 bits per heavy atom. The second kappa shape index (κ2) is 6.17. The van der Waals surface area contributed by atoms with Crippen LogP contribution in [0.3, 0.4) is 0 Å². The topological polar surface area (TPSA) is 49.5 Å². The molecule has 0 atom stereocenters. The number of likely N-dealkylation sites (tertiary alicyclic amines) is 1. The summed E-state index contributed by atoms with van der Waals surface area (Å²) in [6.45, 7) is 4.74. The molecule has 1 aliphatic heterocycles. The molecule has 1 saturated carbocycles. The number of aliphatic hydroxyl groups excluding tert-OH is 1. The van der Waals surface area contributed by atoms with E-state index in [0.717, 1.165) is 32.5 Å². The zero-order valence-electron chi connectivity index (χ0n) is 11.0. The Morgan fingerprint density at radius 1 is 1.12 bits per heavy atom. The van der Waals surface area contributed by atoms with Gasteiger partial charge in [-0.05, 0) is 56.7 Å². The summed E-state index contributed by atoms with van der Waals surface area (Å²) < 4.78 is 0. The van der Waals surface area contributed by atoms with Crippen molar-refractivity contribution in [2.24, 2.45) is 17.1 Å². The normalized spacial score (nSPS) is 27.2. The van der Waals surface area contributed by atoms with Crippen molar-refractivity contribution >= 4 is 0 Å². The Morgan fingerprint density at radius 2 is 1.76 bits per heavy atom. The number of hydrogen-bond donors (Lipinski definition) is 2. The number of nitrogens with zero attached hydrogens (tertiary/aromatic N) is 1. The first kappa shape index (κ1) is 13.3. The Hall–Kier alpha value is -0.120. The van der Waals surface area contributed by atoms with Crippen LogP contribution in [-0.2, 0) is 0 Å². The molecule has 3 heteroatoms. The summed E-state index contributed by atoms with van der Waals surface area (Å²) in [6, 6.07) is 0. The van der Waals surface area contributed by atoms with Gasteiger partial charge in [-0.3, -0.25) is 0 Å². The number of rotatable bonds is 4. The van der Waals surface area contributed by atoms with E-state index in [2.05, 4.69) is 4.90 Å². The van der Waals surface area contributed by atoms with Crippen LogP contribution in [0, 0.1) is 11.3 Å². The maximum Gasteiger partial charge on any atom is 0.0460 e. The average molecular weight is 240 g/mol. The molecular formula is C14H28N2O. The summed E-state index contributed by atoms with van der Waals surface area (Å²) in [5, 5.41) is 9.16. The van der Waals surface area contributed by atoms with Crippen LogP contribution in [0.2, 0.25) is 0 Å². The molecule has 0 radical (unpaired) electrons. The Balaban J connectivity index is 1.82. The third-order valence-corrected chi connectivity index (χ3v) is 4.87. The van der Waals surface area contributed by atoms with Crippen molar-refractivity contribution in [2.75, 3.05) is 32.8 Å². The zero-order chi connectivity index (χ0) is 12.1. The summed E-state index contributed by atoms with van der Waals surface area (Å²) in [6.07, 6.45) is 9.10. The number of nitrogens with two attached hydrogens (primary N) is 1. The SMILES string of the molecule is NCC1(CN2CCC(CO)CC2)CCCCC1. The fraction of sp³-hybridized carbons (Fsp3) is 1.00. The molecule has 0 spiro atoms. The Bertz CT molecular complexity index is 218. The van der Waals surface area contributed by atoms with Crippen molar-refractivity contribution in [1.29, 1.82) is 0 Å². The van der Waals surface area contributed by atoms with Crippen LogP contribution in [0.15, 0.2) is 0 Å². The maximum atomic E-state index is 9.16. The van der Waals surface area contributed by atoms with Gasteiger partial charge < -0.3 is 15.7 Å². The molecule has 0 bridgehead atoms. The fourth-order valence-corrected chi connectivity index (χ4v) is 3.53. The molecule has 2 fully saturated rings. The lowest BCUT2D eigenvalue weighted by molar-refractivity contribution is 0.0710. The highest BCUT2D eigenvalue weighted by atomic mass is 16.3. The fourth-order valence-electron chi connectivity index (χ4n) is 3.53. The van der Waals surface area contributed by atoms with E-state index >= 15 is 0 Å². The van der Waals surface area contributed by atoms with E-state index in [4.69, 9.17) is 10.8 Å². The predicted octanol–water partition coefficient (Wildman–Crippen LogP) is 1.60. The molecule has 2 aliphatic rings. The van der Waals surface area contributed by atoms with E-state index in [9.17, 15) is 0 Å². The smallest absolute Gasteiger partial charge is 0.0460 e. The van der Waals surface area contributed by atoms with Gasteiger partial charge >= 0.3 is 0 Å². The minimum absolute atomic E-state index is 0.371. The van der Waals surface area contributed by atoms with Gasteiger partial charge in [0.25, 0.3) is 0 Å². The maximum absolute atomic E-state index is 9.16. The molecule has 0 aromatic carbocycles. The van der Waals surface area contributed by atoms with Gasteiger partial charge in [-0.15, -0.1) is 0 Å².